The number of hydrogen-bond donors (Lipinski definition) is 0. The average Bonchev–Trinajstić information content (AvgIpc) is 2.68. The van der Waals surface area contributed by atoms with Gasteiger partial charge in [-0.2, -0.15) is 0 Å². The van der Waals surface area contributed by atoms with Crippen molar-refractivity contribution in [1.82, 2.24) is 9.88 Å². The number of rotatable bonds is 6. The van der Waals surface area contributed by atoms with Gasteiger partial charge < -0.3 is 19.1 Å². The molecule has 6 heteroatoms. The molecule has 2 aromatic rings. The number of pyridine rings is 1. The second kappa shape index (κ2) is 8.48. The van der Waals surface area contributed by atoms with Crippen LogP contribution in [0.2, 0.25) is 0 Å². The summed E-state index contributed by atoms with van der Waals surface area (Å²) in [6.45, 7) is 1.48. The minimum absolute atomic E-state index is 0.00312. The highest BCUT2D eigenvalue weighted by molar-refractivity contribution is 5.77. The fraction of sp³-hybridized carbons (Fsp3) is 0.368. The average molecular weight is 342 g/mol. The van der Waals surface area contributed by atoms with E-state index in [0.29, 0.717) is 17.4 Å². The maximum absolute atomic E-state index is 12.2. The molecule has 1 saturated heterocycles. The van der Waals surface area contributed by atoms with Crippen LogP contribution in [0.4, 0.5) is 0 Å². The lowest BCUT2D eigenvalue weighted by atomic mass is 10.1. The predicted molar refractivity (Wildman–Crippen MR) is 92.9 cm³/mol. The minimum Gasteiger partial charge on any atom is -0.484 e. The van der Waals surface area contributed by atoms with Gasteiger partial charge in [-0.15, -0.1) is 0 Å². The highest BCUT2D eigenvalue weighted by Crippen LogP contribution is 2.22. The molecule has 0 atom stereocenters. The maximum Gasteiger partial charge on any atom is 0.260 e. The summed E-state index contributed by atoms with van der Waals surface area (Å²) in [4.78, 5) is 18.1. The quantitative estimate of drug-likeness (QED) is 0.808. The summed E-state index contributed by atoms with van der Waals surface area (Å²) >= 11 is 0. The summed E-state index contributed by atoms with van der Waals surface area (Å²) in [5, 5.41) is 0. The molecule has 25 heavy (non-hydrogen) atoms. The first kappa shape index (κ1) is 17.2. The summed E-state index contributed by atoms with van der Waals surface area (Å²) < 4.78 is 16.5. The second-order valence-electron chi connectivity index (χ2n) is 5.85. The Morgan fingerprint density at radius 1 is 1.12 bits per heavy atom. The Labute approximate surface area is 147 Å². The van der Waals surface area contributed by atoms with Gasteiger partial charge in [0, 0.05) is 32.5 Å². The van der Waals surface area contributed by atoms with Gasteiger partial charge in [-0.1, -0.05) is 6.07 Å². The first-order valence-corrected chi connectivity index (χ1v) is 8.37. The van der Waals surface area contributed by atoms with E-state index in [2.05, 4.69) is 4.98 Å². The van der Waals surface area contributed by atoms with Gasteiger partial charge in [-0.3, -0.25) is 4.79 Å². The Bertz CT molecular complexity index is 668. The molecule has 0 aliphatic carbocycles. The van der Waals surface area contributed by atoms with Gasteiger partial charge in [-0.25, -0.2) is 4.98 Å². The molecule has 1 aromatic carbocycles. The molecule has 6 nitrogen and oxygen atoms in total. The number of ether oxygens (including phenoxy) is 3. The Hall–Kier alpha value is -2.60. The lowest BCUT2D eigenvalue weighted by Gasteiger charge is -2.31. The number of hydrogen-bond acceptors (Lipinski definition) is 5. The van der Waals surface area contributed by atoms with Crippen LogP contribution in [-0.4, -0.2) is 48.7 Å². The summed E-state index contributed by atoms with van der Waals surface area (Å²) in [5.74, 6) is 1.83. The first-order chi connectivity index (χ1) is 12.2. The lowest BCUT2D eigenvalue weighted by Crippen LogP contribution is -2.42. The van der Waals surface area contributed by atoms with E-state index in [1.165, 1.54) is 0 Å². The number of carbonyl (C=O) groups excluding carboxylic acids is 1. The largest absolute Gasteiger partial charge is 0.484 e. The standard InChI is InChI=1S/C19H22N2O4/c1-23-15-9-12-21(13-10-15)19(22)14-24-16-5-7-17(8-6-16)25-18-4-2-3-11-20-18/h2-8,11,15H,9-10,12-14H2,1H3. The number of piperidine rings is 1. The van der Waals surface area contributed by atoms with Crippen molar-refractivity contribution in [2.75, 3.05) is 26.8 Å². The third-order valence-electron chi connectivity index (χ3n) is 4.17. The molecule has 0 N–H and O–H groups in total. The fourth-order valence-corrected chi connectivity index (χ4v) is 2.71. The molecule has 0 saturated carbocycles. The third-order valence-corrected chi connectivity index (χ3v) is 4.17. The molecule has 0 radical (unpaired) electrons. The van der Waals surface area contributed by atoms with E-state index in [-0.39, 0.29) is 18.6 Å². The Balaban J connectivity index is 1.46. The predicted octanol–water partition coefficient (Wildman–Crippen LogP) is 2.89. The van der Waals surface area contributed by atoms with Crippen molar-refractivity contribution in [2.24, 2.45) is 0 Å². The molecule has 0 spiro atoms. The number of amides is 1. The van der Waals surface area contributed by atoms with E-state index < -0.39 is 0 Å². The summed E-state index contributed by atoms with van der Waals surface area (Å²) in [7, 11) is 1.71. The molecule has 0 unspecified atom stereocenters. The van der Waals surface area contributed by atoms with Crippen LogP contribution in [-0.2, 0) is 9.53 Å². The zero-order chi connectivity index (χ0) is 17.5. The molecule has 2 heterocycles. The van der Waals surface area contributed by atoms with Crippen LogP contribution < -0.4 is 9.47 Å². The normalized spacial score (nSPS) is 15.0. The van der Waals surface area contributed by atoms with E-state index in [1.807, 2.05) is 17.0 Å². The molecule has 1 fully saturated rings. The Morgan fingerprint density at radius 3 is 2.48 bits per heavy atom. The highest BCUT2D eigenvalue weighted by atomic mass is 16.5. The zero-order valence-electron chi connectivity index (χ0n) is 14.3. The molecule has 0 bridgehead atoms. The molecule has 1 aliphatic heterocycles. The first-order valence-electron chi connectivity index (χ1n) is 8.37. The number of likely N-dealkylation sites (tertiary alicyclic amines) is 1. The number of aromatic nitrogens is 1. The van der Waals surface area contributed by atoms with Gasteiger partial charge in [0.15, 0.2) is 6.61 Å². The van der Waals surface area contributed by atoms with Gasteiger partial charge in [0.05, 0.1) is 6.10 Å². The number of benzene rings is 1. The maximum atomic E-state index is 12.2. The van der Waals surface area contributed by atoms with Crippen molar-refractivity contribution in [2.45, 2.75) is 18.9 Å². The van der Waals surface area contributed by atoms with Crippen molar-refractivity contribution in [3.63, 3.8) is 0 Å². The number of nitrogens with zero attached hydrogens (tertiary/aromatic N) is 2. The van der Waals surface area contributed by atoms with Crippen LogP contribution in [0.1, 0.15) is 12.8 Å². The van der Waals surface area contributed by atoms with Crippen LogP contribution in [0.3, 0.4) is 0 Å². The Morgan fingerprint density at radius 2 is 1.84 bits per heavy atom. The highest BCUT2D eigenvalue weighted by Gasteiger charge is 2.22. The SMILES string of the molecule is COC1CCN(C(=O)COc2ccc(Oc3ccccn3)cc2)CC1. The summed E-state index contributed by atoms with van der Waals surface area (Å²) in [5.41, 5.74) is 0. The lowest BCUT2D eigenvalue weighted by molar-refractivity contribution is -0.135. The van der Waals surface area contributed by atoms with Crippen molar-refractivity contribution in [3.05, 3.63) is 48.7 Å². The monoisotopic (exact) mass is 342 g/mol. The van der Waals surface area contributed by atoms with Gasteiger partial charge in [-0.05, 0) is 43.2 Å². The fourth-order valence-electron chi connectivity index (χ4n) is 2.71. The topological polar surface area (TPSA) is 60.9 Å². The number of methoxy groups -OCH3 is 1. The van der Waals surface area contributed by atoms with E-state index in [4.69, 9.17) is 14.2 Å². The molecule has 132 valence electrons. The zero-order valence-corrected chi connectivity index (χ0v) is 14.3. The van der Waals surface area contributed by atoms with Gasteiger partial charge in [0.1, 0.15) is 11.5 Å². The van der Waals surface area contributed by atoms with E-state index in [9.17, 15) is 4.79 Å². The van der Waals surface area contributed by atoms with E-state index >= 15 is 0 Å². The van der Waals surface area contributed by atoms with Crippen LogP contribution in [0.15, 0.2) is 48.7 Å². The van der Waals surface area contributed by atoms with Gasteiger partial charge in [0.2, 0.25) is 5.88 Å². The Kier molecular flexibility index (Phi) is 5.85. The smallest absolute Gasteiger partial charge is 0.260 e. The van der Waals surface area contributed by atoms with Gasteiger partial charge in [0.25, 0.3) is 5.91 Å². The molecule has 1 amide bonds. The third kappa shape index (κ3) is 4.93. The molecular formula is C19H22N2O4. The van der Waals surface area contributed by atoms with Crippen LogP contribution in [0.5, 0.6) is 17.4 Å². The molecule has 1 aromatic heterocycles. The second-order valence-corrected chi connectivity index (χ2v) is 5.85. The van der Waals surface area contributed by atoms with Crippen molar-refractivity contribution in [1.29, 1.82) is 0 Å². The summed E-state index contributed by atoms with van der Waals surface area (Å²) in [6.07, 6.45) is 3.69. The van der Waals surface area contributed by atoms with Crippen LogP contribution in [0, 0.1) is 0 Å². The minimum atomic E-state index is 0.00312. The van der Waals surface area contributed by atoms with Crippen LogP contribution >= 0.6 is 0 Å². The van der Waals surface area contributed by atoms with Crippen molar-refractivity contribution >= 4 is 5.91 Å². The molecular weight excluding hydrogens is 320 g/mol. The van der Waals surface area contributed by atoms with Gasteiger partial charge >= 0.3 is 0 Å². The number of carbonyl (C=O) groups is 1. The van der Waals surface area contributed by atoms with Crippen molar-refractivity contribution in [3.8, 4) is 17.4 Å². The molecule has 3 rings (SSSR count). The van der Waals surface area contributed by atoms with Crippen molar-refractivity contribution < 1.29 is 19.0 Å². The van der Waals surface area contributed by atoms with E-state index in [0.717, 1.165) is 25.9 Å². The van der Waals surface area contributed by atoms with Crippen LogP contribution in [0.25, 0.3) is 0 Å². The molecule has 1 aliphatic rings. The summed E-state index contributed by atoms with van der Waals surface area (Å²) in [6, 6.07) is 12.6. The van der Waals surface area contributed by atoms with E-state index in [1.54, 1.807) is 43.6 Å².